The van der Waals surface area contributed by atoms with Crippen LogP contribution in [0, 0.1) is 5.82 Å². The molecule has 2 rings (SSSR count). The van der Waals surface area contributed by atoms with Gasteiger partial charge in [-0.25, -0.2) is 9.18 Å². The second-order valence-electron chi connectivity index (χ2n) is 5.03. The molecular weight excluding hydrogens is 275 g/mol. The molecular formula is C15H21FN2O3. The first-order valence-corrected chi connectivity index (χ1v) is 7.17. The second kappa shape index (κ2) is 6.76. The molecule has 0 aliphatic carbocycles. The Kier molecular flexibility index (Phi) is 5.01. The number of para-hydroxylation sites is 1. The predicted molar refractivity (Wildman–Crippen MR) is 77.8 cm³/mol. The first-order valence-electron chi connectivity index (χ1n) is 7.17. The molecule has 0 saturated carbocycles. The van der Waals surface area contributed by atoms with Crippen LogP contribution in [0.3, 0.4) is 0 Å². The fourth-order valence-corrected chi connectivity index (χ4v) is 2.53. The number of aliphatic hydroxyl groups is 1. The van der Waals surface area contributed by atoms with Gasteiger partial charge in [0.15, 0.2) is 0 Å². The zero-order valence-electron chi connectivity index (χ0n) is 12.4. The molecule has 1 amide bonds. The van der Waals surface area contributed by atoms with Gasteiger partial charge < -0.3 is 19.6 Å². The summed E-state index contributed by atoms with van der Waals surface area (Å²) in [7, 11) is 0. The number of anilines is 1. The fraction of sp³-hybridized carbons (Fsp3) is 0.533. The number of rotatable bonds is 3. The smallest absolute Gasteiger partial charge is 0.409 e. The highest BCUT2D eigenvalue weighted by molar-refractivity contribution is 5.68. The summed E-state index contributed by atoms with van der Waals surface area (Å²) in [4.78, 5) is 15.1. The molecule has 1 unspecified atom stereocenters. The van der Waals surface area contributed by atoms with Gasteiger partial charge in [0.1, 0.15) is 5.82 Å². The average molecular weight is 296 g/mol. The molecule has 1 aliphatic rings. The zero-order chi connectivity index (χ0) is 15.4. The van der Waals surface area contributed by atoms with E-state index < -0.39 is 6.10 Å². The SMILES string of the molecule is CCOC(=O)N1CCN(c2c(F)cccc2C(C)O)CC1. The van der Waals surface area contributed by atoms with Gasteiger partial charge in [-0.15, -0.1) is 0 Å². The summed E-state index contributed by atoms with van der Waals surface area (Å²) in [5.74, 6) is -0.349. The third-order valence-corrected chi connectivity index (χ3v) is 3.59. The van der Waals surface area contributed by atoms with Crippen molar-refractivity contribution >= 4 is 11.8 Å². The number of benzene rings is 1. The topological polar surface area (TPSA) is 53.0 Å². The van der Waals surface area contributed by atoms with E-state index in [4.69, 9.17) is 4.74 Å². The lowest BCUT2D eigenvalue weighted by Gasteiger charge is -2.36. The molecule has 1 aromatic carbocycles. The molecule has 1 fully saturated rings. The largest absolute Gasteiger partial charge is 0.450 e. The summed E-state index contributed by atoms with van der Waals surface area (Å²) < 4.78 is 19.1. The molecule has 1 N–H and O–H groups in total. The van der Waals surface area contributed by atoms with Crippen LogP contribution < -0.4 is 4.90 Å². The highest BCUT2D eigenvalue weighted by atomic mass is 19.1. The first-order chi connectivity index (χ1) is 10.0. The van der Waals surface area contributed by atoms with Crippen molar-refractivity contribution in [2.75, 3.05) is 37.7 Å². The van der Waals surface area contributed by atoms with Crippen molar-refractivity contribution in [1.82, 2.24) is 4.90 Å². The van der Waals surface area contributed by atoms with E-state index in [9.17, 15) is 14.3 Å². The maximum absolute atomic E-state index is 14.1. The van der Waals surface area contributed by atoms with Crippen LogP contribution in [0.15, 0.2) is 18.2 Å². The molecule has 116 valence electrons. The number of piperazine rings is 1. The van der Waals surface area contributed by atoms with Crippen molar-refractivity contribution in [3.05, 3.63) is 29.6 Å². The van der Waals surface area contributed by atoms with E-state index in [1.54, 1.807) is 30.9 Å². The molecule has 1 aromatic rings. The van der Waals surface area contributed by atoms with Crippen molar-refractivity contribution in [1.29, 1.82) is 0 Å². The number of carbonyl (C=O) groups excluding carboxylic acids is 1. The lowest BCUT2D eigenvalue weighted by atomic mass is 10.1. The molecule has 1 saturated heterocycles. The average Bonchev–Trinajstić information content (AvgIpc) is 2.47. The maximum atomic E-state index is 14.1. The summed E-state index contributed by atoms with van der Waals surface area (Å²) in [6.45, 7) is 5.71. The van der Waals surface area contributed by atoms with E-state index in [-0.39, 0.29) is 11.9 Å². The van der Waals surface area contributed by atoms with Crippen molar-refractivity contribution in [2.24, 2.45) is 0 Å². The van der Waals surface area contributed by atoms with Gasteiger partial charge in [0.25, 0.3) is 0 Å². The molecule has 0 spiro atoms. The van der Waals surface area contributed by atoms with E-state index in [2.05, 4.69) is 0 Å². The van der Waals surface area contributed by atoms with Gasteiger partial charge in [-0.2, -0.15) is 0 Å². The lowest BCUT2D eigenvalue weighted by Crippen LogP contribution is -2.49. The van der Waals surface area contributed by atoms with Gasteiger partial charge in [-0.05, 0) is 19.9 Å². The van der Waals surface area contributed by atoms with Crippen LogP contribution in [-0.4, -0.2) is 48.9 Å². The first kappa shape index (κ1) is 15.6. The Morgan fingerprint density at radius 2 is 2.05 bits per heavy atom. The van der Waals surface area contributed by atoms with Gasteiger partial charge >= 0.3 is 6.09 Å². The highest BCUT2D eigenvalue weighted by Gasteiger charge is 2.25. The summed E-state index contributed by atoms with van der Waals surface area (Å²) in [6.07, 6.45) is -1.07. The maximum Gasteiger partial charge on any atom is 0.409 e. The molecule has 1 aliphatic heterocycles. The minimum Gasteiger partial charge on any atom is -0.450 e. The number of carbonyl (C=O) groups is 1. The van der Waals surface area contributed by atoms with Gasteiger partial charge in [0.05, 0.1) is 18.4 Å². The van der Waals surface area contributed by atoms with Crippen LogP contribution in [-0.2, 0) is 4.74 Å². The number of hydrogen-bond donors (Lipinski definition) is 1. The monoisotopic (exact) mass is 296 g/mol. The van der Waals surface area contributed by atoms with E-state index in [1.807, 2.05) is 4.90 Å². The third-order valence-electron chi connectivity index (χ3n) is 3.59. The Hall–Kier alpha value is -1.82. The van der Waals surface area contributed by atoms with Gasteiger partial charge in [-0.1, -0.05) is 12.1 Å². The van der Waals surface area contributed by atoms with E-state index >= 15 is 0 Å². The van der Waals surface area contributed by atoms with Crippen LogP contribution in [0.1, 0.15) is 25.5 Å². The number of hydrogen-bond acceptors (Lipinski definition) is 4. The Bertz CT molecular complexity index is 500. The number of halogens is 1. The minimum absolute atomic E-state index is 0.332. The van der Waals surface area contributed by atoms with E-state index in [0.29, 0.717) is 44.0 Å². The van der Waals surface area contributed by atoms with Crippen LogP contribution >= 0.6 is 0 Å². The summed E-state index contributed by atoms with van der Waals surface area (Å²) in [5.41, 5.74) is 0.996. The number of aliphatic hydroxyl groups excluding tert-OH is 1. The molecule has 0 bridgehead atoms. The molecule has 1 atom stereocenters. The van der Waals surface area contributed by atoms with Gasteiger partial charge in [-0.3, -0.25) is 0 Å². The standard InChI is InChI=1S/C15H21FN2O3/c1-3-21-15(20)18-9-7-17(8-10-18)14-12(11(2)19)5-4-6-13(14)16/h4-6,11,19H,3,7-10H2,1-2H3. The summed E-state index contributed by atoms with van der Waals surface area (Å²) >= 11 is 0. The highest BCUT2D eigenvalue weighted by Crippen LogP contribution is 2.30. The normalized spacial score (nSPS) is 16.8. The van der Waals surface area contributed by atoms with E-state index in [1.165, 1.54) is 6.07 Å². The number of amides is 1. The quantitative estimate of drug-likeness (QED) is 0.928. The molecule has 0 aromatic heterocycles. The zero-order valence-corrected chi connectivity index (χ0v) is 12.4. The lowest BCUT2D eigenvalue weighted by molar-refractivity contribution is 0.105. The summed E-state index contributed by atoms with van der Waals surface area (Å²) in [6, 6.07) is 4.70. The summed E-state index contributed by atoms with van der Waals surface area (Å²) in [5, 5.41) is 9.79. The van der Waals surface area contributed by atoms with Crippen LogP contribution in [0.2, 0.25) is 0 Å². The Morgan fingerprint density at radius 1 is 1.38 bits per heavy atom. The van der Waals surface area contributed by atoms with Crippen molar-refractivity contribution < 1.29 is 19.0 Å². The molecule has 21 heavy (non-hydrogen) atoms. The van der Waals surface area contributed by atoms with E-state index in [0.717, 1.165) is 0 Å². The Labute approximate surface area is 123 Å². The molecule has 0 radical (unpaired) electrons. The minimum atomic E-state index is -0.737. The molecule has 1 heterocycles. The Morgan fingerprint density at radius 3 is 2.62 bits per heavy atom. The van der Waals surface area contributed by atoms with Gasteiger partial charge in [0.2, 0.25) is 0 Å². The van der Waals surface area contributed by atoms with Crippen LogP contribution in [0.5, 0.6) is 0 Å². The molecule has 5 nitrogen and oxygen atoms in total. The van der Waals surface area contributed by atoms with Crippen molar-refractivity contribution in [3.8, 4) is 0 Å². The van der Waals surface area contributed by atoms with Crippen molar-refractivity contribution in [3.63, 3.8) is 0 Å². The van der Waals surface area contributed by atoms with Crippen LogP contribution in [0.4, 0.5) is 14.9 Å². The third kappa shape index (κ3) is 3.44. The Balaban J connectivity index is 2.11. The number of ether oxygens (including phenoxy) is 1. The molecule has 6 heteroatoms. The van der Waals surface area contributed by atoms with Crippen molar-refractivity contribution in [2.45, 2.75) is 20.0 Å². The fourth-order valence-electron chi connectivity index (χ4n) is 2.53. The second-order valence-corrected chi connectivity index (χ2v) is 5.03. The van der Waals surface area contributed by atoms with Crippen LogP contribution in [0.25, 0.3) is 0 Å². The number of nitrogens with zero attached hydrogens (tertiary/aromatic N) is 2. The van der Waals surface area contributed by atoms with Gasteiger partial charge in [0, 0.05) is 31.7 Å². The predicted octanol–water partition coefficient (Wildman–Crippen LogP) is 2.16.